The Hall–Kier alpha value is -2.56. The van der Waals surface area contributed by atoms with Crippen molar-refractivity contribution < 1.29 is 9.66 Å². The van der Waals surface area contributed by atoms with E-state index in [1.165, 1.54) is 11.6 Å². The van der Waals surface area contributed by atoms with E-state index in [9.17, 15) is 10.1 Å². The van der Waals surface area contributed by atoms with E-state index in [0.717, 1.165) is 12.2 Å². The molecule has 2 rings (SSSR count). The molecule has 2 aromatic carbocycles. The lowest BCUT2D eigenvalue weighted by molar-refractivity contribution is -0.384. The number of nitro benzene ring substituents is 1. The fraction of sp³-hybridized carbons (Fsp3) is 0.200. The highest BCUT2D eigenvalue weighted by molar-refractivity contribution is 5.62. The van der Waals surface area contributed by atoms with Gasteiger partial charge in [-0.2, -0.15) is 0 Å². The summed E-state index contributed by atoms with van der Waals surface area (Å²) in [5.74, 6) is 0.732. The van der Waals surface area contributed by atoms with E-state index < -0.39 is 4.92 Å². The van der Waals surface area contributed by atoms with Crippen molar-refractivity contribution in [1.29, 1.82) is 0 Å². The average Bonchev–Trinajstić information content (AvgIpc) is 2.46. The summed E-state index contributed by atoms with van der Waals surface area (Å²) in [6.07, 6.45) is 0.927. The highest BCUT2D eigenvalue weighted by Crippen LogP contribution is 2.26. The van der Waals surface area contributed by atoms with Gasteiger partial charge in [-0.3, -0.25) is 10.1 Å². The van der Waals surface area contributed by atoms with E-state index in [4.69, 9.17) is 10.5 Å². The van der Waals surface area contributed by atoms with Crippen LogP contribution < -0.4 is 10.5 Å². The number of hydrogen-bond acceptors (Lipinski definition) is 4. The van der Waals surface area contributed by atoms with Crippen LogP contribution in [0, 0.1) is 10.1 Å². The first kappa shape index (κ1) is 13.9. The molecule has 20 heavy (non-hydrogen) atoms. The summed E-state index contributed by atoms with van der Waals surface area (Å²) in [6, 6.07) is 12.5. The second-order valence-corrected chi connectivity index (χ2v) is 4.40. The molecule has 5 nitrogen and oxygen atoms in total. The summed E-state index contributed by atoms with van der Waals surface area (Å²) >= 11 is 0. The van der Waals surface area contributed by atoms with Gasteiger partial charge in [-0.05, 0) is 24.1 Å². The zero-order valence-electron chi connectivity index (χ0n) is 11.2. The summed E-state index contributed by atoms with van der Waals surface area (Å²) < 4.78 is 5.65. The van der Waals surface area contributed by atoms with E-state index in [0.29, 0.717) is 5.56 Å². The predicted octanol–water partition coefficient (Wildman–Crippen LogP) is 3.32. The number of nitrogens with two attached hydrogens (primary N) is 1. The Morgan fingerprint density at radius 1 is 1.25 bits per heavy atom. The second kappa shape index (κ2) is 6.06. The minimum atomic E-state index is -0.490. The molecule has 0 atom stereocenters. The highest BCUT2D eigenvalue weighted by atomic mass is 16.6. The van der Waals surface area contributed by atoms with Gasteiger partial charge in [0.2, 0.25) is 0 Å². The normalized spacial score (nSPS) is 10.2. The van der Waals surface area contributed by atoms with Crippen molar-refractivity contribution in [2.45, 2.75) is 20.0 Å². The van der Waals surface area contributed by atoms with Crippen molar-refractivity contribution in [3.05, 3.63) is 63.7 Å². The lowest BCUT2D eigenvalue weighted by Gasteiger charge is -2.09. The molecule has 0 bridgehead atoms. The van der Waals surface area contributed by atoms with Gasteiger partial charge in [-0.1, -0.05) is 31.2 Å². The first-order valence-electron chi connectivity index (χ1n) is 6.35. The van der Waals surface area contributed by atoms with Crippen molar-refractivity contribution in [3.63, 3.8) is 0 Å². The van der Waals surface area contributed by atoms with Gasteiger partial charge in [0.1, 0.15) is 18.0 Å². The van der Waals surface area contributed by atoms with Gasteiger partial charge < -0.3 is 10.5 Å². The Labute approximate surface area is 117 Å². The molecule has 0 aromatic heterocycles. The Morgan fingerprint density at radius 3 is 2.70 bits per heavy atom. The Bertz CT molecular complexity index is 626. The zero-order valence-corrected chi connectivity index (χ0v) is 11.2. The summed E-state index contributed by atoms with van der Waals surface area (Å²) in [7, 11) is 0. The topological polar surface area (TPSA) is 78.4 Å². The molecule has 0 radical (unpaired) electrons. The molecule has 0 heterocycles. The van der Waals surface area contributed by atoms with E-state index in [1.54, 1.807) is 12.1 Å². The maximum Gasteiger partial charge on any atom is 0.292 e. The Balaban J connectivity index is 2.14. The van der Waals surface area contributed by atoms with Crippen molar-refractivity contribution in [3.8, 4) is 5.75 Å². The Kier molecular flexibility index (Phi) is 4.20. The molecule has 0 amide bonds. The van der Waals surface area contributed by atoms with Crippen LogP contribution in [0.15, 0.2) is 42.5 Å². The number of nitrogens with zero attached hydrogens (tertiary/aromatic N) is 1. The van der Waals surface area contributed by atoms with E-state index in [2.05, 4.69) is 6.92 Å². The van der Waals surface area contributed by atoms with Crippen LogP contribution in [0.4, 0.5) is 11.4 Å². The van der Waals surface area contributed by atoms with Crippen LogP contribution in [-0.2, 0) is 13.0 Å². The van der Waals surface area contributed by atoms with Gasteiger partial charge in [0.05, 0.1) is 4.92 Å². The molecule has 0 unspecified atom stereocenters. The van der Waals surface area contributed by atoms with Gasteiger partial charge in [0.15, 0.2) is 0 Å². The molecule has 0 saturated heterocycles. The number of nitrogen functional groups attached to an aromatic ring is 1. The number of benzene rings is 2. The van der Waals surface area contributed by atoms with Gasteiger partial charge in [0, 0.05) is 11.6 Å². The van der Waals surface area contributed by atoms with E-state index in [-0.39, 0.29) is 18.0 Å². The number of anilines is 1. The highest BCUT2D eigenvalue weighted by Gasteiger charge is 2.14. The second-order valence-electron chi connectivity index (χ2n) is 4.40. The van der Waals surface area contributed by atoms with Crippen molar-refractivity contribution in [1.82, 2.24) is 0 Å². The average molecular weight is 272 g/mol. The van der Waals surface area contributed by atoms with Crippen LogP contribution in [-0.4, -0.2) is 4.92 Å². The third-order valence-electron chi connectivity index (χ3n) is 3.07. The van der Waals surface area contributed by atoms with Crippen LogP contribution in [0.5, 0.6) is 5.75 Å². The number of nitro groups is 1. The van der Waals surface area contributed by atoms with E-state index in [1.807, 2.05) is 24.3 Å². The SMILES string of the molecule is CCc1cccc(OCc2cccc([N+](=O)[O-])c2N)c1. The van der Waals surface area contributed by atoms with E-state index >= 15 is 0 Å². The van der Waals surface area contributed by atoms with Crippen LogP contribution in [0.1, 0.15) is 18.1 Å². The summed E-state index contributed by atoms with van der Waals surface area (Å²) in [6.45, 7) is 2.28. The molecule has 5 heteroatoms. The first-order chi connectivity index (χ1) is 9.61. The predicted molar refractivity (Wildman–Crippen MR) is 77.7 cm³/mol. The smallest absolute Gasteiger partial charge is 0.292 e. The van der Waals surface area contributed by atoms with Gasteiger partial charge in [-0.15, -0.1) is 0 Å². The summed E-state index contributed by atoms with van der Waals surface area (Å²) in [5, 5.41) is 10.8. The zero-order chi connectivity index (χ0) is 14.5. The number of para-hydroxylation sites is 1. The molecule has 0 aliphatic rings. The number of hydrogen-bond donors (Lipinski definition) is 1. The lowest BCUT2D eigenvalue weighted by Crippen LogP contribution is -2.03. The molecule has 0 aliphatic heterocycles. The Morgan fingerprint density at radius 2 is 2.00 bits per heavy atom. The largest absolute Gasteiger partial charge is 0.489 e. The standard InChI is InChI=1S/C15H16N2O3/c1-2-11-5-3-7-13(9-11)20-10-12-6-4-8-14(15(12)16)17(18)19/h3-9H,2,10,16H2,1H3. The quantitative estimate of drug-likeness (QED) is 0.514. The molecule has 104 valence electrons. The van der Waals surface area contributed by atoms with Crippen molar-refractivity contribution in [2.24, 2.45) is 0 Å². The van der Waals surface area contributed by atoms with Crippen LogP contribution in [0.2, 0.25) is 0 Å². The maximum absolute atomic E-state index is 10.8. The molecule has 2 aromatic rings. The fourth-order valence-electron chi connectivity index (χ4n) is 1.90. The number of rotatable bonds is 5. The van der Waals surface area contributed by atoms with Gasteiger partial charge in [-0.25, -0.2) is 0 Å². The van der Waals surface area contributed by atoms with Gasteiger partial charge >= 0.3 is 0 Å². The van der Waals surface area contributed by atoms with Crippen LogP contribution >= 0.6 is 0 Å². The molecule has 0 saturated carbocycles. The van der Waals surface area contributed by atoms with Crippen LogP contribution in [0.25, 0.3) is 0 Å². The fourth-order valence-corrected chi connectivity index (χ4v) is 1.90. The number of ether oxygens (including phenoxy) is 1. The molecule has 2 N–H and O–H groups in total. The summed E-state index contributed by atoms with van der Waals surface area (Å²) in [5.41, 5.74) is 7.64. The monoisotopic (exact) mass is 272 g/mol. The van der Waals surface area contributed by atoms with Crippen molar-refractivity contribution >= 4 is 11.4 Å². The molecule has 0 fully saturated rings. The first-order valence-corrected chi connectivity index (χ1v) is 6.35. The maximum atomic E-state index is 10.8. The molecular formula is C15H16N2O3. The minimum Gasteiger partial charge on any atom is -0.489 e. The lowest BCUT2D eigenvalue weighted by atomic mass is 10.1. The third kappa shape index (κ3) is 3.06. The number of aryl methyl sites for hydroxylation is 1. The minimum absolute atomic E-state index is 0.0894. The van der Waals surface area contributed by atoms with Gasteiger partial charge in [0.25, 0.3) is 5.69 Å². The third-order valence-corrected chi connectivity index (χ3v) is 3.07. The molecule has 0 spiro atoms. The molecule has 0 aliphatic carbocycles. The van der Waals surface area contributed by atoms with Crippen molar-refractivity contribution in [2.75, 3.05) is 5.73 Å². The van der Waals surface area contributed by atoms with Crippen LogP contribution in [0.3, 0.4) is 0 Å². The summed E-state index contributed by atoms with van der Waals surface area (Å²) in [4.78, 5) is 10.3. The molecular weight excluding hydrogens is 256 g/mol.